The number of nitrogen functional groups attached to an aromatic ring is 1. The molecule has 7 heteroatoms. The molecule has 2 N–H and O–H groups in total. The van der Waals surface area contributed by atoms with Gasteiger partial charge in [0, 0.05) is 18.5 Å². The zero-order valence-corrected chi connectivity index (χ0v) is 13.0. The van der Waals surface area contributed by atoms with Crippen molar-refractivity contribution in [2.75, 3.05) is 5.73 Å². The van der Waals surface area contributed by atoms with E-state index in [1.54, 1.807) is 11.3 Å². The first-order valence-corrected chi connectivity index (χ1v) is 7.71. The van der Waals surface area contributed by atoms with E-state index in [4.69, 9.17) is 17.3 Å². The number of nitrogens with two attached hydrogens (primary N) is 1. The molecular weight excluding hydrogens is 294 g/mol. The van der Waals surface area contributed by atoms with Crippen LogP contribution in [0.5, 0.6) is 0 Å². The Kier molecular flexibility index (Phi) is 3.43. The molecule has 20 heavy (non-hydrogen) atoms. The van der Waals surface area contributed by atoms with Crippen LogP contribution in [0.1, 0.15) is 17.5 Å². The third kappa shape index (κ3) is 2.19. The van der Waals surface area contributed by atoms with Gasteiger partial charge in [-0.25, -0.2) is 4.98 Å². The van der Waals surface area contributed by atoms with E-state index in [1.165, 1.54) is 4.88 Å². The summed E-state index contributed by atoms with van der Waals surface area (Å²) in [4.78, 5) is 5.70. The Labute approximate surface area is 126 Å². The van der Waals surface area contributed by atoms with E-state index in [1.807, 2.05) is 22.4 Å². The van der Waals surface area contributed by atoms with Gasteiger partial charge in [-0.15, -0.1) is 11.3 Å². The number of aromatic nitrogens is 4. The van der Waals surface area contributed by atoms with Crippen molar-refractivity contribution in [3.8, 4) is 0 Å². The number of fused-ring (bicyclic) bond motifs is 1. The highest BCUT2D eigenvalue weighted by Gasteiger charge is 2.16. The van der Waals surface area contributed by atoms with Gasteiger partial charge in [0.25, 0.3) is 0 Å². The molecule has 0 aromatic carbocycles. The summed E-state index contributed by atoms with van der Waals surface area (Å²) in [5, 5.41) is 4.49. The van der Waals surface area contributed by atoms with E-state index < -0.39 is 0 Å². The van der Waals surface area contributed by atoms with Crippen LogP contribution in [-0.4, -0.2) is 19.3 Å². The summed E-state index contributed by atoms with van der Waals surface area (Å²) in [6.45, 7) is 2.85. The van der Waals surface area contributed by atoms with Gasteiger partial charge in [-0.3, -0.25) is 9.25 Å². The monoisotopic (exact) mass is 309 g/mol. The second-order valence-electron chi connectivity index (χ2n) is 4.67. The fourth-order valence-corrected chi connectivity index (χ4v) is 3.50. The first-order valence-electron chi connectivity index (χ1n) is 6.52. The SMILES string of the molecule is CCc1nn(C)c2c1nc(N)n2CCc1ccc(Cl)s1. The number of aryl methyl sites for hydroxylation is 4. The second-order valence-corrected chi connectivity index (χ2v) is 6.47. The molecular formula is C13H16ClN5S. The van der Waals surface area contributed by atoms with Gasteiger partial charge in [-0.1, -0.05) is 18.5 Å². The fraction of sp³-hybridized carbons (Fsp3) is 0.385. The summed E-state index contributed by atoms with van der Waals surface area (Å²) >= 11 is 7.56. The van der Waals surface area contributed by atoms with Gasteiger partial charge in [0.1, 0.15) is 5.52 Å². The highest BCUT2D eigenvalue weighted by Crippen LogP contribution is 2.25. The molecule has 0 atom stereocenters. The lowest BCUT2D eigenvalue weighted by atomic mass is 10.3. The molecule has 0 spiro atoms. The number of halogens is 1. The molecule has 0 amide bonds. The third-order valence-corrected chi connectivity index (χ3v) is 4.66. The van der Waals surface area contributed by atoms with Gasteiger partial charge in [0.05, 0.1) is 10.0 Å². The fourth-order valence-electron chi connectivity index (χ4n) is 2.43. The first-order chi connectivity index (χ1) is 9.60. The van der Waals surface area contributed by atoms with Crippen LogP contribution < -0.4 is 5.73 Å². The van der Waals surface area contributed by atoms with E-state index >= 15 is 0 Å². The zero-order chi connectivity index (χ0) is 14.3. The van der Waals surface area contributed by atoms with Crippen molar-refractivity contribution in [1.29, 1.82) is 0 Å². The first kappa shape index (κ1) is 13.5. The van der Waals surface area contributed by atoms with Crippen molar-refractivity contribution in [2.24, 2.45) is 7.05 Å². The molecule has 0 saturated carbocycles. The Morgan fingerprint density at radius 3 is 2.85 bits per heavy atom. The number of rotatable bonds is 4. The van der Waals surface area contributed by atoms with E-state index in [0.717, 1.165) is 40.6 Å². The maximum atomic E-state index is 6.05. The third-order valence-electron chi connectivity index (χ3n) is 3.37. The van der Waals surface area contributed by atoms with Crippen LogP contribution >= 0.6 is 22.9 Å². The van der Waals surface area contributed by atoms with Crippen molar-refractivity contribution in [3.05, 3.63) is 27.0 Å². The van der Waals surface area contributed by atoms with Crippen LogP contribution in [0.15, 0.2) is 12.1 Å². The van der Waals surface area contributed by atoms with Crippen LogP contribution in [0.3, 0.4) is 0 Å². The van der Waals surface area contributed by atoms with E-state index in [0.29, 0.717) is 5.95 Å². The molecule has 0 aliphatic heterocycles. The Bertz CT molecular complexity index is 754. The average Bonchev–Trinajstić information content (AvgIpc) is 3.04. The second kappa shape index (κ2) is 5.10. The normalized spacial score (nSPS) is 11.6. The lowest BCUT2D eigenvalue weighted by Crippen LogP contribution is -2.08. The molecule has 0 radical (unpaired) electrons. The predicted molar refractivity (Wildman–Crippen MR) is 83.3 cm³/mol. The minimum Gasteiger partial charge on any atom is -0.369 e. The lowest BCUT2D eigenvalue weighted by molar-refractivity contribution is 0.680. The van der Waals surface area contributed by atoms with Crippen molar-refractivity contribution in [3.63, 3.8) is 0 Å². The van der Waals surface area contributed by atoms with Gasteiger partial charge in [0.15, 0.2) is 5.65 Å². The van der Waals surface area contributed by atoms with Gasteiger partial charge in [-0.2, -0.15) is 5.10 Å². The van der Waals surface area contributed by atoms with Crippen molar-refractivity contribution in [1.82, 2.24) is 19.3 Å². The van der Waals surface area contributed by atoms with Crippen LogP contribution in [0.4, 0.5) is 5.95 Å². The Balaban J connectivity index is 1.94. The highest BCUT2D eigenvalue weighted by molar-refractivity contribution is 7.16. The Morgan fingerprint density at radius 1 is 1.40 bits per heavy atom. The van der Waals surface area contributed by atoms with Gasteiger partial charge >= 0.3 is 0 Å². The highest BCUT2D eigenvalue weighted by atomic mass is 35.5. The van der Waals surface area contributed by atoms with Crippen LogP contribution in [0, 0.1) is 0 Å². The number of thiophene rings is 1. The summed E-state index contributed by atoms with van der Waals surface area (Å²) in [7, 11) is 1.93. The predicted octanol–water partition coefficient (Wildman–Crippen LogP) is 2.87. The van der Waals surface area contributed by atoms with Crippen molar-refractivity contribution < 1.29 is 0 Å². The zero-order valence-electron chi connectivity index (χ0n) is 11.4. The molecule has 0 aliphatic carbocycles. The van der Waals surface area contributed by atoms with Gasteiger partial charge in [0.2, 0.25) is 5.95 Å². The molecule has 0 unspecified atom stereocenters. The largest absolute Gasteiger partial charge is 0.369 e. The van der Waals surface area contributed by atoms with Gasteiger partial charge in [-0.05, 0) is 25.0 Å². The number of anilines is 1. The summed E-state index contributed by atoms with van der Waals surface area (Å²) in [5.41, 5.74) is 8.94. The van der Waals surface area contributed by atoms with Gasteiger partial charge < -0.3 is 5.73 Å². The Morgan fingerprint density at radius 2 is 2.20 bits per heavy atom. The van der Waals surface area contributed by atoms with E-state index in [-0.39, 0.29) is 0 Å². The summed E-state index contributed by atoms with van der Waals surface area (Å²) in [6, 6.07) is 3.98. The van der Waals surface area contributed by atoms with E-state index in [2.05, 4.69) is 23.1 Å². The number of imidazole rings is 1. The molecule has 106 valence electrons. The van der Waals surface area contributed by atoms with Crippen molar-refractivity contribution >= 4 is 40.0 Å². The molecule has 5 nitrogen and oxygen atoms in total. The van der Waals surface area contributed by atoms with Crippen LogP contribution in [0.25, 0.3) is 11.2 Å². The molecule has 3 aromatic rings. The minimum atomic E-state index is 0.547. The molecule has 0 fully saturated rings. The summed E-state index contributed by atoms with van der Waals surface area (Å²) in [5.74, 6) is 0.547. The van der Waals surface area contributed by atoms with Crippen LogP contribution in [-0.2, 0) is 26.4 Å². The summed E-state index contributed by atoms with van der Waals surface area (Å²) in [6.07, 6.45) is 1.74. The smallest absolute Gasteiger partial charge is 0.202 e. The maximum Gasteiger partial charge on any atom is 0.202 e. The van der Waals surface area contributed by atoms with Crippen molar-refractivity contribution in [2.45, 2.75) is 26.3 Å². The molecule has 3 rings (SSSR count). The minimum absolute atomic E-state index is 0.547. The standard InChI is InChI=1S/C13H16ClN5S/c1-3-9-11-12(18(2)17-9)19(13(15)16-11)7-6-8-4-5-10(14)20-8/h4-5H,3,6-7H2,1-2H3,(H2,15,16). The van der Waals surface area contributed by atoms with E-state index in [9.17, 15) is 0 Å². The Hall–Kier alpha value is -1.53. The quantitative estimate of drug-likeness (QED) is 0.806. The van der Waals surface area contributed by atoms with Crippen LogP contribution in [0.2, 0.25) is 4.34 Å². The lowest BCUT2D eigenvalue weighted by Gasteiger charge is -2.05. The number of hydrogen-bond acceptors (Lipinski definition) is 4. The maximum absolute atomic E-state index is 6.05. The number of hydrogen-bond donors (Lipinski definition) is 1. The topological polar surface area (TPSA) is 61.7 Å². The molecule has 0 saturated heterocycles. The molecule has 0 aliphatic rings. The molecule has 0 bridgehead atoms. The number of nitrogens with zero attached hydrogens (tertiary/aromatic N) is 4. The summed E-state index contributed by atoms with van der Waals surface area (Å²) < 4.78 is 4.70. The molecule has 3 heterocycles. The molecule has 3 aromatic heterocycles. The average molecular weight is 310 g/mol.